The Morgan fingerprint density at radius 1 is 0.519 bits per heavy atom. The zero-order valence-corrected chi connectivity index (χ0v) is 36.2. The first-order valence-electron chi connectivity index (χ1n) is 19.2. The molecule has 54 heavy (non-hydrogen) atoms. The van der Waals surface area contributed by atoms with Crippen LogP contribution in [-0.4, -0.2) is 46.1 Å². The summed E-state index contributed by atoms with van der Waals surface area (Å²) in [7, 11) is 0. The third-order valence-electron chi connectivity index (χ3n) is 11.2. The Bertz CT molecular complexity index is 1110. The topological polar surface area (TPSA) is 110 Å². The maximum atomic E-state index is 10.4. The van der Waals surface area contributed by atoms with Gasteiger partial charge in [-0.25, -0.2) is 0 Å². The minimum absolute atomic E-state index is 0. The molecule has 0 radical (unpaired) electrons. The van der Waals surface area contributed by atoms with E-state index in [1.54, 1.807) is 24.3 Å². The monoisotopic (exact) mass is 835 g/mol. The number of benzene rings is 2. The van der Waals surface area contributed by atoms with Crippen LogP contribution in [0.3, 0.4) is 0 Å². The molecule has 2 aromatic rings. The third kappa shape index (κ3) is 20.4. The number of nitrogens with zero attached hydrogens (tertiary/aromatic N) is 3. The van der Waals surface area contributed by atoms with Gasteiger partial charge in [0.05, 0.1) is 9.85 Å². The van der Waals surface area contributed by atoms with Gasteiger partial charge in [0.2, 0.25) is 0 Å². The van der Waals surface area contributed by atoms with Gasteiger partial charge in [0, 0.05) is 44.0 Å². The van der Waals surface area contributed by atoms with Crippen molar-refractivity contribution in [3.63, 3.8) is 0 Å². The fourth-order valence-corrected chi connectivity index (χ4v) is 8.43. The average molecular weight is 836 g/mol. The van der Waals surface area contributed by atoms with E-state index in [4.69, 9.17) is 5.11 Å². The Kier molecular flexibility index (Phi) is 33.8. The molecule has 0 heterocycles. The second-order valence-corrected chi connectivity index (χ2v) is 14.9. The predicted octanol–water partition coefficient (Wildman–Crippen LogP) is 12.5. The van der Waals surface area contributed by atoms with Crippen LogP contribution in [0.4, 0.5) is 11.4 Å². The van der Waals surface area contributed by atoms with Crippen LogP contribution in [0, 0.1) is 61.8 Å². The SMILES string of the molecule is O=[N+]([O-])c1ccc(C2CCCC2)cc1.O=[N+]([O-])c1ccc(C2CCCC2)cc1.OCCCCCCN(CC1CCCC1)CC1CCCC1.[CH3-].[CH3-].[CH3-].[CH3-].[Fe+2].[Fe+2]. The minimum atomic E-state index is -0.349. The van der Waals surface area contributed by atoms with Crippen molar-refractivity contribution in [2.75, 3.05) is 26.2 Å². The standard InChI is InChI=1S/C18H35NO.2C11H13NO2.4CH3.2Fe/c20-14-8-2-1-7-13-19(15-17-9-3-4-10-17)16-18-11-5-6-12-18;2*13-12(14)11-7-5-10(6-8-11)9-3-1-2-4-9;;;;;;/h17-18,20H,1-16H2;2*5-9H,1-4H2;4*1H3;;/q;;;4*-1;2*+2. The first kappa shape index (κ1) is 56.5. The Balaban J connectivity index is -0.000000697. The molecule has 0 aliphatic heterocycles. The molecule has 6 rings (SSSR count). The Morgan fingerprint density at radius 2 is 0.833 bits per heavy atom. The summed E-state index contributed by atoms with van der Waals surface area (Å²) < 4.78 is 0. The number of hydrogen-bond acceptors (Lipinski definition) is 6. The molecule has 0 amide bonds. The van der Waals surface area contributed by atoms with E-state index in [1.807, 2.05) is 24.3 Å². The van der Waals surface area contributed by atoms with Gasteiger partial charge in [0.15, 0.2) is 0 Å². The fraction of sp³-hybridized carbons (Fsp3) is 0.636. The second-order valence-electron chi connectivity index (χ2n) is 14.9. The van der Waals surface area contributed by atoms with Crippen molar-refractivity contribution < 1.29 is 49.1 Å². The number of aliphatic hydroxyl groups is 1. The number of nitro groups is 2. The molecule has 0 saturated heterocycles. The molecule has 0 aromatic heterocycles. The van der Waals surface area contributed by atoms with E-state index in [-0.39, 0.29) is 85.1 Å². The molecule has 4 aliphatic rings. The first-order valence-corrected chi connectivity index (χ1v) is 19.2. The summed E-state index contributed by atoms with van der Waals surface area (Å²) >= 11 is 0. The number of non-ortho nitro benzene ring substituents is 2. The molecule has 8 nitrogen and oxygen atoms in total. The van der Waals surface area contributed by atoms with E-state index in [2.05, 4.69) is 4.90 Å². The summed E-state index contributed by atoms with van der Waals surface area (Å²) in [6, 6.07) is 14.0. The van der Waals surface area contributed by atoms with Gasteiger partial charge in [0.1, 0.15) is 0 Å². The van der Waals surface area contributed by atoms with Gasteiger partial charge < -0.3 is 39.7 Å². The van der Waals surface area contributed by atoms with Crippen LogP contribution < -0.4 is 0 Å². The van der Waals surface area contributed by atoms with E-state index >= 15 is 0 Å². The molecule has 0 spiro atoms. The zero-order valence-electron chi connectivity index (χ0n) is 34.0. The van der Waals surface area contributed by atoms with Gasteiger partial charge in [-0.05, 0) is 106 Å². The molecule has 1 N–H and O–H groups in total. The summed E-state index contributed by atoms with van der Waals surface area (Å²) in [5.41, 5.74) is 2.89. The minimum Gasteiger partial charge on any atom is -0.396 e. The number of nitro benzene ring substituents is 2. The number of rotatable bonds is 14. The van der Waals surface area contributed by atoms with Crippen molar-refractivity contribution in [3.8, 4) is 0 Å². The second kappa shape index (κ2) is 32.3. The van der Waals surface area contributed by atoms with Crippen LogP contribution in [0.25, 0.3) is 0 Å². The summed E-state index contributed by atoms with van der Waals surface area (Å²) in [5, 5.41) is 29.7. The van der Waals surface area contributed by atoms with Crippen LogP contribution in [0.1, 0.15) is 151 Å². The molecule has 2 aromatic carbocycles. The molecule has 0 bridgehead atoms. The molecule has 0 atom stereocenters. The largest absolute Gasteiger partial charge is 2.00 e. The van der Waals surface area contributed by atoms with Crippen molar-refractivity contribution in [1.29, 1.82) is 0 Å². The van der Waals surface area contributed by atoms with Crippen molar-refractivity contribution in [2.45, 2.75) is 140 Å². The summed E-state index contributed by atoms with van der Waals surface area (Å²) in [5.74, 6) is 3.26. The normalized spacial score (nSPS) is 16.8. The first-order chi connectivity index (χ1) is 23.4. The molecular weight excluding hydrogens is 762 g/mol. The fourth-order valence-electron chi connectivity index (χ4n) is 8.43. The van der Waals surface area contributed by atoms with E-state index < -0.39 is 0 Å². The van der Waals surface area contributed by atoms with Gasteiger partial charge in [-0.3, -0.25) is 20.2 Å². The van der Waals surface area contributed by atoms with E-state index in [1.165, 1.54) is 153 Å². The van der Waals surface area contributed by atoms with Crippen LogP contribution in [-0.2, 0) is 34.1 Å². The summed E-state index contributed by atoms with van der Waals surface area (Å²) in [6.45, 7) is 4.42. The Morgan fingerprint density at radius 3 is 1.15 bits per heavy atom. The van der Waals surface area contributed by atoms with Crippen molar-refractivity contribution in [2.24, 2.45) is 11.8 Å². The van der Waals surface area contributed by atoms with Gasteiger partial charge in [-0.2, -0.15) is 0 Å². The summed E-state index contributed by atoms with van der Waals surface area (Å²) in [6.07, 6.45) is 26.7. The van der Waals surface area contributed by atoms with Gasteiger partial charge in [-0.15, -0.1) is 0 Å². The Labute approximate surface area is 351 Å². The Hall–Kier alpha value is -1.80. The smallest absolute Gasteiger partial charge is 0.396 e. The van der Waals surface area contributed by atoms with Crippen LogP contribution in [0.15, 0.2) is 48.5 Å². The van der Waals surface area contributed by atoms with E-state index in [0.29, 0.717) is 18.4 Å². The molecular formula is C44H73Fe2N3O5. The molecule has 10 heteroatoms. The molecule has 310 valence electrons. The number of unbranched alkanes of at least 4 members (excludes halogenated alkanes) is 3. The molecule has 4 fully saturated rings. The quantitative estimate of drug-likeness (QED) is 0.0667. The van der Waals surface area contributed by atoms with Crippen molar-refractivity contribution in [1.82, 2.24) is 4.90 Å². The summed E-state index contributed by atoms with van der Waals surface area (Å²) in [4.78, 5) is 23.0. The third-order valence-corrected chi connectivity index (χ3v) is 11.2. The van der Waals surface area contributed by atoms with Crippen molar-refractivity contribution in [3.05, 3.63) is 110 Å². The van der Waals surface area contributed by atoms with Gasteiger partial charge >= 0.3 is 34.1 Å². The van der Waals surface area contributed by atoms with Crippen molar-refractivity contribution >= 4 is 11.4 Å². The zero-order chi connectivity index (χ0) is 34.0. The van der Waals surface area contributed by atoms with Crippen LogP contribution in [0.2, 0.25) is 0 Å². The van der Waals surface area contributed by atoms with Crippen LogP contribution in [0.5, 0.6) is 0 Å². The van der Waals surface area contributed by atoms with Gasteiger partial charge in [0.25, 0.3) is 11.4 Å². The number of aliphatic hydroxyl groups excluding tert-OH is 1. The maximum Gasteiger partial charge on any atom is 2.00 e. The molecule has 4 aliphatic carbocycles. The number of hydrogen-bond donors (Lipinski definition) is 1. The van der Waals surface area contributed by atoms with E-state index in [9.17, 15) is 20.2 Å². The maximum absolute atomic E-state index is 10.4. The van der Waals surface area contributed by atoms with E-state index in [0.717, 1.165) is 18.3 Å². The predicted molar refractivity (Wildman–Crippen MR) is 220 cm³/mol. The molecule has 0 unspecified atom stereocenters. The van der Waals surface area contributed by atoms with Gasteiger partial charge in [-0.1, -0.05) is 88.5 Å². The average Bonchev–Trinajstić information content (AvgIpc) is 3.94. The van der Waals surface area contributed by atoms with Crippen LogP contribution >= 0.6 is 0 Å². The molecule has 4 saturated carbocycles.